The van der Waals surface area contributed by atoms with Crippen LogP contribution in [0.4, 0.5) is 18.9 Å². The highest BCUT2D eigenvalue weighted by Crippen LogP contribution is 2.32. The van der Waals surface area contributed by atoms with Crippen molar-refractivity contribution in [3.63, 3.8) is 0 Å². The van der Waals surface area contributed by atoms with Gasteiger partial charge in [0, 0.05) is 25.3 Å². The zero-order valence-corrected chi connectivity index (χ0v) is 26.9. The van der Waals surface area contributed by atoms with Gasteiger partial charge in [0.25, 0.3) is 5.91 Å². The summed E-state index contributed by atoms with van der Waals surface area (Å²) in [5.74, 6) is -1.70. The average molecular weight is 691 g/mol. The molecule has 12 nitrogen and oxygen atoms in total. The fraction of sp³-hybridized carbons (Fsp3) is 0.233. The van der Waals surface area contributed by atoms with E-state index in [1.165, 1.54) is 79.3 Å². The number of carbonyl (C=O) groups is 3. The fourth-order valence-electron chi connectivity index (χ4n) is 4.07. The SMILES string of the molecule is CCOC(=O)c1ccc(NC(=O)CSc2nnc(CNC(=O)c3ccc(S(=O)(=O)N(C)C)cc3)n2-c2cccc(C(F)(F)F)c2)cc1. The number of amides is 2. The smallest absolute Gasteiger partial charge is 0.416 e. The van der Waals surface area contributed by atoms with Crippen molar-refractivity contribution >= 4 is 45.3 Å². The van der Waals surface area contributed by atoms with Crippen molar-refractivity contribution in [3.05, 3.63) is 95.3 Å². The lowest BCUT2D eigenvalue weighted by molar-refractivity contribution is -0.137. The fourth-order valence-corrected chi connectivity index (χ4v) is 5.74. The van der Waals surface area contributed by atoms with E-state index in [-0.39, 0.29) is 46.0 Å². The molecule has 4 aromatic rings. The second-order valence-electron chi connectivity index (χ2n) is 9.91. The van der Waals surface area contributed by atoms with E-state index in [9.17, 15) is 36.0 Å². The van der Waals surface area contributed by atoms with E-state index in [1.54, 1.807) is 6.92 Å². The van der Waals surface area contributed by atoms with Crippen LogP contribution < -0.4 is 10.6 Å². The Kier molecular flexibility index (Phi) is 11.0. The number of carbonyl (C=O) groups excluding carboxylic acids is 3. The van der Waals surface area contributed by atoms with E-state index in [0.717, 1.165) is 28.2 Å². The number of aromatic nitrogens is 3. The summed E-state index contributed by atoms with van der Waals surface area (Å²) in [4.78, 5) is 37.4. The molecule has 0 atom stereocenters. The van der Waals surface area contributed by atoms with Gasteiger partial charge in [0.05, 0.1) is 40.6 Å². The molecule has 0 saturated carbocycles. The zero-order chi connectivity index (χ0) is 34.4. The molecule has 0 saturated heterocycles. The second kappa shape index (κ2) is 14.8. The maximum Gasteiger partial charge on any atom is 0.416 e. The highest BCUT2D eigenvalue weighted by Gasteiger charge is 2.31. The molecular weight excluding hydrogens is 661 g/mol. The van der Waals surface area contributed by atoms with Crippen LogP contribution in [0, 0.1) is 0 Å². The quantitative estimate of drug-likeness (QED) is 0.163. The van der Waals surface area contributed by atoms with Gasteiger partial charge in [-0.2, -0.15) is 13.2 Å². The maximum atomic E-state index is 13.5. The van der Waals surface area contributed by atoms with Crippen LogP contribution in [-0.4, -0.2) is 71.7 Å². The van der Waals surface area contributed by atoms with Crippen LogP contribution in [0.2, 0.25) is 0 Å². The Balaban J connectivity index is 1.52. The highest BCUT2D eigenvalue weighted by atomic mass is 32.2. The summed E-state index contributed by atoms with van der Waals surface area (Å²) in [6, 6.07) is 15.7. The molecule has 0 fully saturated rings. The standard InChI is InChI=1S/C30H29F3N6O6S2/c1-4-45-28(42)20-8-12-22(13-9-20)35-26(40)18-46-29-37-36-25(39(29)23-7-5-6-21(16-23)30(31,32)33)17-34-27(41)19-10-14-24(15-11-19)47(43,44)38(2)3/h5-16H,4,17-18H2,1-3H3,(H,34,41)(H,35,40). The third-order valence-corrected chi connectivity index (χ3v) is 9.20. The molecule has 0 aliphatic carbocycles. The van der Waals surface area contributed by atoms with Gasteiger partial charge in [-0.1, -0.05) is 17.8 Å². The molecule has 0 spiro atoms. The van der Waals surface area contributed by atoms with Crippen molar-refractivity contribution in [2.45, 2.75) is 29.7 Å². The molecule has 1 aromatic heterocycles. The van der Waals surface area contributed by atoms with Crippen LogP contribution in [0.3, 0.4) is 0 Å². The average Bonchev–Trinajstić information content (AvgIpc) is 3.45. The summed E-state index contributed by atoms with van der Waals surface area (Å²) >= 11 is 0.903. The summed E-state index contributed by atoms with van der Waals surface area (Å²) in [5, 5.41) is 13.5. The minimum atomic E-state index is -4.64. The molecule has 47 heavy (non-hydrogen) atoms. The van der Waals surface area contributed by atoms with E-state index in [4.69, 9.17) is 4.74 Å². The van der Waals surface area contributed by atoms with E-state index in [0.29, 0.717) is 11.3 Å². The number of anilines is 1. The molecule has 0 aliphatic heterocycles. The molecule has 1 heterocycles. The van der Waals surface area contributed by atoms with E-state index < -0.39 is 39.5 Å². The second-order valence-corrected chi connectivity index (χ2v) is 13.0. The lowest BCUT2D eigenvalue weighted by Crippen LogP contribution is -2.25. The van der Waals surface area contributed by atoms with Gasteiger partial charge in [-0.15, -0.1) is 10.2 Å². The molecule has 0 aliphatic rings. The number of hydrogen-bond donors (Lipinski definition) is 2. The largest absolute Gasteiger partial charge is 0.462 e. The Morgan fingerprint density at radius 1 is 0.957 bits per heavy atom. The molecule has 2 amide bonds. The van der Waals surface area contributed by atoms with Crippen molar-refractivity contribution in [2.24, 2.45) is 0 Å². The van der Waals surface area contributed by atoms with Crippen molar-refractivity contribution in [1.29, 1.82) is 0 Å². The van der Waals surface area contributed by atoms with Gasteiger partial charge in [-0.05, 0) is 73.7 Å². The molecule has 2 N–H and O–H groups in total. The normalized spacial score (nSPS) is 11.7. The first-order chi connectivity index (χ1) is 22.2. The third kappa shape index (κ3) is 8.75. The molecule has 0 unspecified atom stereocenters. The predicted octanol–water partition coefficient (Wildman–Crippen LogP) is 4.37. The molecule has 17 heteroatoms. The van der Waals surface area contributed by atoms with E-state index in [2.05, 4.69) is 20.8 Å². The number of halogens is 3. The van der Waals surface area contributed by atoms with Gasteiger partial charge in [0.15, 0.2) is 11.0 Å². The van der Waals surface area contributed by atoms with Gasteiger partial charge < -0.3 is 15.4 Å². The number of sulfonamides is 1. The van der Waals surface area contributed by atoms with Crippen LogP contribution >= 0.6 is 11.8 Å². The number of rotatable bonds is 12. The summed E-state index contributed by atoms with van der Waals surface area (Å²) in [6.07, 6.45) is -4.64. The first-order valence-corrected chi connectivity index (χ1v) is 16.3. The van der Waals surface area contributed by atoms with Crippen molar-refractivity contribution in [1.82, 2.24) is 24.4 Å². The molecule has 0 bridgehead atoms. The van der Waals surface area contributed by atoms with Crippen molar-refractivity contribution < 1.29 is 40.7 Å². The molecule has 248 valence electrons. The van der Waals surface area contributed by atoms with Crippen LogP contribution in [0.15, 0.2) is 82.8 Å². The summed E-state index contributed by atoms with van der Waals surface area (Å²) in [6.45, 7) is 1.63. The van der Waals surface area contributed by atoms with Crippen molar-refractivity contribution in [3.8, 4) is 5.69 Å². The Morgan fingerprint density at radius 2 is 1.62 bits per heavy atom. The first-order valence-electron chi connectivity index (χ1n) is 13.8. The van der Waals surface area contributed by atoms with Gasteiger partial charge in [-0.3, -0.25) is 14.2 Å². The van der Waals surface area contributed by atoms with Crippen LogP contribution in [-0.2, 0) is 32.3 Å². The summed E-state index contributed by atoms with van der Waals surface area (Å²) in [7, 11) is -0.951. The Morgan fingerprint density at radius 3 is 2.23 bits per heavy atom. The van der Waals surface area contributed by atoms with Crippen molar-refractivity contribution in [2.75, 3.05) is 31.8 Å². The molecule has 0 radical (unpaired) electrons. The highest BCUT2D eigenvalue weighted by molar-refractivity contribution is 7.99. The number of benzene rings is 3. The number of thioether (sulfide) groups is 1. The Hall–Kier alpha value is -4.74. The van der Waals surface area contributed by atoms with Crippen LogP contribution in [0.1, 0.15) is 39.0 Å². The molecular formula is C30H29F3N6O6S2. The minimum Gasteiger partial charge on any atom is -0.462 e. The summed E-state index contributed by atoms with van der Waals surface area (Å²) in [5.41, 5.74) is -0.0355. The van der Waals surface area contributed by atoms with Gasteiger partial charge in [0.1, 0.15) is 0 Å². The monoisotopic (exact) mass is 690 g/mol. The topological polar surface area (TPSA) is 153 Å². The number of ether oxygens (including phenoxy) is 1. The Bertz CT molecular complexity index is 1860. The number of hydrogen-bond acceptors (Lipinski definition) is 9. The number of alkyl halides is 3. The number of esters is 1. The van der Waals surface area contributed by atoms with E-state index in [1.807, 2.05) is 0 Å². The summed E-state index contributed by atoms with van der Waals surface area (Å²) < 4.78 is 72.5. The van der Waals surface area contributed by atoms with Gasteiger partial charge in [-0.25, -0.2) is 17.5 Å². The predicted molar refractivity (Wildman–Crippen MR) is 167 cm³/mol. The zero-order valence-electron chi connectivity index (χ0n) is 25.2. The van der Waals surface area contributed by atoms with Gasteiger partial charge in [0.2, 0.25) is 15.9 Å². The molecule has 4 rings (SSSR count). The van der Waals surface area contributed by atoms with Crippen LogP contribution in [0.5, 0.6) is 0 Å². The third-order valence-electron chi connectivity index (χ3n) is 6.45. The van der Waals surface area contributed by atoms with Crippen LogP contribution in [0.25, 0.3) is 5.69 Å². The Labute approximate surface area is 272 Å². The maximum absolute atomic E-state index is 13.5. The van der Waals surface area contributed by atoms with E-state index >= 15 is 0 Å². The number of nitrogens with zero attached hydrogens (tertiary/aromatic N) is 4. The van der Waals surface area contributed by atoms with Gasteiger partial charge >= 0.3 is 12.1 Å². The molecule has 3 aromatic carbocycles. The minimum absolute atomic E-state index is 0.0114. The lowest BCUT2D eigenvalue weighted by Gasteiger charge is -2.14. The lowest BCUT2D eigenvalue weighted by atomic mass is 10.2. The number of nitrogens with one attached hydrogen (secondary N) is 2. The first kappa shape index (κ1) is 35.1.